The van der Waals surface area contributed by atoms with Crippen LogP contribution in [0.1, 0.15) is 30.1 Å². The summed E-state index contributed by atoms with van der Waals surface area (Å²) in [5.41, 5.74) is 8.86. The van der Waals surface area contributed by atoms with Gasteiger partial charge in [0, 0.05) is 22.1 Å². The zero-order chi connectivity index (χ0) is 12.7. The van der Waals surface area contributed by atoms with Crippen LogP contribution < -0.4 is 5.73 Å². The van der Waals surface area contributed by atoms with Crippen LogP contribution in [0.5, 0.6) is 0 Å². The van der Waals surface area contributed by atoms with Crippen molar-refractivity contribution in [1.29, 1.82) is 0 Å². The Kier molecular flexibility index (Phi) is 2.71. The normalized spacial score (nSPS) is 14.8. The van der Waals surface area contributed by atoms with E-state index in [1.807, 2.05) is 31.2 Å². The number of nitrogens with zero attached hydrogens (tertiary/aromatic N) is 2. The maximum absolute atomic E-state index is 5.98. The zero-order valence-corrected chi connectivity index (χ0v) is 10.9. The summed E-state index contributed by atoms with van der Waals surface area (Å²) in [7, 11) is 0. The number of nitrogens with two attached hydrogens (primary N) is 1. The van der Waals surface area contributed by atoms with Gasteiger partial charge in [0.15, 0.2) is 0 Å². The first-order chi connectivity index (χ1) is 8.65. The standard InChI is InChI=1S/C14H14ClN3/c1-8-12(9-4-6-11(15)7-5-9)17-14(10-2-3-10)18-13(8)16/h4-7,10H,2-3H2,1H3,(H2,16,17,18). The third kappa shape index (κ3) is 2.06. The van der Waals surface area contributed by atoms with Gasteiger partial charge in [-0.25, -0.2) is 9.97 Å². The molecule has 0 amide bonds. The quantitative estimate of drug-likeness (QED) is 0.897. The molecule has 1 aliphatic carbocycles. The Morgan fingerprint density at radius 2 is 1.83 bits per heavy atom. The van der Waals surface area contributed by atoms with Crippen molar-refractivity contribution in [2.24, 2.45) is 0 Å². The van der Waals surface area contributed by atoms with Crippen molar-refractivity contribution in [2.75, 3.05) is 5.73 Å². The molecule has 0 spiro atoms. The minimum absolute atomic E-state index is 0.499. The van der Waals surface area contributed by atoms with Crippen LogP contribution in [0.15, 0.2) is 24.3 Å². The zero-order valence-electron chi connectivity index (χ0n) is 10.2. The average molecular weight is 260 g/mol. The molecule has 2 N–H and O–H groups in total. The van der Waals surface area contributed by atoms with E-state index < -0.39 is 0 Å². The van der Waals surface area contributed by atoms with Gasteiger partial charge in [0.1, 0.15) is 11.6 Å². The molecule has 0 atom stereocenters. The molecule has 3 rings (SSSR count). The summed E-state index contributed by atoms with van der Waals surface area (Å²) in [5.74, 6) is 1.96. The number of hydrogen-bond acceptors (Lipinski definition) is 3. The minimum Gasteiger partial charge on any atom is -0.383 e. The summed E-state index contributed by atoms with van der Waals surface area (Å²) in [6.07, 6.45) is 2.34. The largest absolute Gasteiger partial charge is 0.383 e. The maximum atomic E-state index is 5.98. The van der Waals surface area contributed by atoms with E-state index in [4.69, 9.17) is 17.3 Å². The smallest absolute Gasteiger partial charge is 0.134 e. The number of aromatic nitrogens is 2. The van der Waals surface area contributed by atoms with Gasteiger partial charge in [0.2, 0.25) is 0 Å². The molecule has 0 aliphatic heterocycles. The van der Waals surface area contributed by atoms with Crippen LogP contribution in [0.25, 0.3) is 11.3 Å². The number of benzene rings is 1. The number of halogens is 1. The van der Waals surface area contributed by atoms with E-state index in [2.05, 4.69) is 9.97 Å². The molecule has 1 aromatic carbocycles. The van der Waals surface area contributed by atoms with Crippen molar-refractivity contribution >= 4 is 17.4 Å². The van der Waals surface area contributed by atoms with Gasteiger partial charge in [-0.2, -0.15) is 0 Å². The highest BCUT2D eigenvalue weighted by Gasteiger charge is 2.28. The summed E-state index contributed by atoms with van der Waals surface area (Å²) in [5, 5.41) is 0.723. The first-order valence-corrected chi connectivity index (χ1v) is 6.43. The first kappa shape index (κ1) is 11.5. The number of hydrogen-bond donors (Lipinski definition) is 1. The molecule has 0 radical (unpaired) electrons. The van der Waals surface area contributed by atoms with Crippen LogP contribution in [-0.2, 0) is 0 Å². The Hall–Kier alpha value is -1.61. The van der Waals surface area contributed by atoms with E-state index in [0.29, 0.717) is 11.7 Å². The topological polar surface area (TPSA) is 51.8 Å². The molecule has 0 bridgehead atoms. The molecular weight excluding hydrogens is 246 g/mol. The number of rotatable bonds is 2. The second kappa shape index (κ2) is 4.25. The second-order valence-corrected chi connectivity index (χ2v) is 5.16. The van der Waals surface area contributed by atoms with Crippen LogP contribution in [-0.4, -0.2) is 9.97 Å². The molecule has 1 aliphatic rings. The third-order valence-corrected chi connectivity index (χ3v) is 3.51. The highest BCUT2D eigenvalue weighted by atomic mass is 35.5. The van der Waals surface area contributed by atoms with Gasteiger partial charge in [0.25, 0.3) is 0 Å². The van der Waals surface area contributed by atoms with E-state index >= 15 is 0 Å². The van der Waals surface area contributed by atoms with Crippen LogP contribution in [0, 0.1) is 6.92 Å². The molecule has 4 heteroatoms. The molecule has 0 saturated heterocycles. The van der Waals surface area contributed by atoms with E-state index in [-0.39, 0.29) is 0 Å². The summed E-state index contributed by atoms with van der Waals surface area (Å²) >= 11 is 5.90. The van der Waals surface area contributed by atoms with E-state index in [1.165, 1.54) is 12.8 Å². The third-order valence-electron chi connectivity index (χ3n) is 3.26. The molecule has 2 aromatic rings. The summed E-state index contributed by atoms with van der Waals surface area (Å²) in [6.45, 7) is 1.95. The molecule has 18 heavy (non-hydrogen) atoms. The summed E-state index contributed by atoms with van der Waals surface area (Å²) < 4.78 is 0. The monoisotopic (exact) mass is 259 g/mol. The SMILES string of the molecule is Cc1c(N)nc(C2CC2)nc1-c1ccc(Cl)cc1. The Morgan fingerprint density at radius 3 is 2.44 bits per heavy atom. The van der Waals surface area contributed by atoms with Crippen molar-refractivity contribution < 1.29 is 0 Å². The van der Waals surface area contributed by atoms with Gasteiger partial charge in [0.05, 0.1) is 5.69 Å². The van der Waals surface area contributed by atoms with Gasteiger partial charge in [-0.1, -0.05) is 23.7 Å². The molecule has 1 fully saturated rings. The Labute approximate surface area is 111 Å². The van der Waals surface area contributed by atoms with Crippen LogP contribution >= 0.6 is 11.6 Å². The molecule has 3 nitrogen and oxygen atoms in total. The fourth-order valence-corrected chi connectivity index (χ4v) is 2.09. The fourth-order valence-electron chi connectivity index (χ4n) is 1.96. The van der Waals surface area contributed by atoms with Gasteiger partial charge in [-0.3, -0.25) is 0 Å². The highest BCUT2D eigenvalue weighted by molar-refractivity contribution is 6.30. The maximum Gasteiger partial charge on any atom is 0.134 e. The van der Waals surface area contributed by atoms with Gasteiger partial charge in [-0.15, -0.1) is 0 Å². The van der Waals surface area contributed by atoms with E-state index in [9.17, 15) is 0 Å². The summed E-state index contributed by atoms with van der Waals surface area (Å²) in [4.78, 5) is 9.04. The number of anilines is 1. The molecule has 1 aromatic heterocycles. The molecule has 92 valence electrons. The lowest BCUT2D eigenvalue weighted by Crippen LogP contribution is -2.04. The lowest BCUT2D eigenvalue weighted by atomic mass is 10.1. The van der Waals surface area contributed by atoms with Crippen molar-refractivity contribution in [3.8, 4) is 11.3 Å². The van der Waals surface area contributed by atoms with Crippen LogP contribution in [0.4, 0.5) is 5.82 Å². The summed E-state index contributed by atoms with van der Waals surface area (Å²) in [6, 6.07) is 7.67. The Bertz CT molecular complexity index is 589. The molecule has 0 unspecified atom stereocenters. The van der Waals surface area contributed by atoms with Gasteiger partial charge >= 0.3 is 0 Å². The predicted molar refractivity (Wildman–Crippen MR) is 73.6 cm³/mol. The lowest BCUT2D eigenvalue weighted by molar-refractivity contribution is 0.928. The average Bonchev–Trinajstić information content (AvgIpc) is 3.18. The molecule has 1 saturated carbocycles. The highest BCUT2D eigenvalue weighted by Crippen LogP contribution is 2.39. The predicted octanol–water partition coefficient (Wildman–Crippen LogP) is 3.57. The first-order valence-electron chi connectivity index (χ1n) is 6.05. The molecular formula is C14H14ClN3. The minimum atomic E-state index is 0.499. The number of nitrogen functional groups attached to an aromatic ring is 1. The van der Waals surface area contributed by atoms with Crippen molar-refractivity contribution in [1.82, 2.24) is 9.97 Å². The Morgan fingerprint density at radius 1 is 1.17 bits per heavy atom. The van der Waals surface area contributed by atoms with Crippen LogP contribution in [0.3, 0.4) is 0 Å². The van der Waals surface area contributed by atoms with Crippen molar-refractivity contribution in [3.63, 3.8) is 0 Å². The fraction of sp³-hybridized carbons (Fsp3) is 0.286. The Balaban J connectivity index is 2.12. The lowest BCUT2D eigenvalue weighted by Gasteiger charge is -2.10. The van der Waals surface area contributed by atoms with Crippen molar-refractivity contribution in [2.45, 2.75) is 25.7 Å². The van der Waals surface area contributed by atoms with Gasteiger partial charge in [-0.05, 0) is 31.9 Å². The second-order valence-electron chi connectivity index (χ2n) is 4.72. The van der Waals surface area contributed by atoms with Crippen LogP contribution in [0.2, 0.25) is 5.02 Å². The van der Waals surface area contributed by atoms with Gasteiger partial charge < -0.3 is 5.73 Å². The van der Waals surface area contributed by atoms with E-state index in [0.717, 1.165) is 27.7 Å². The van der Waals surface area contributed by atoms with Crippen molar-refractivity contribution in [3.05, 3.63) is 40.7 Å². The van der Waals surface area contributed by atoms with E-state index in [1.54, 1.807) is 0 Å². The molecule has 1 heterocycles.